The number of nitrogens with two attached hydrogens (primary N) is 5. The predicted molar refractivity (Wildman–Crippen MR) is 243 cm³/mol. The number of carboxylic acids is 1. The number of Topliss-reactive ketones (excluding diaryl/α,β-unsaturated/α-hetero) is 2. The number of carbonyl (C=O) groups excluding carboxylic acids is 8. The van der Waals surface area contributed by atoms with Crippen molar-refractivity contribution in [2.75, 3.05) is 18.4 Å². The average molecular weight is 917 g/mol. The number of rotatable bonds is 22. The van der Waals surface area contributed by atoms with Gasteiger partial charge in [-0.3, -0.25) is 58.0 Å². The van der Waals surface area contributed by atoms with Crippen LogP contribution in [0.15, 0.2) is 59.7 Å². The molecule has 1 aromatic heterocycles. The smallest absolute Gasteiger partial charge is 0.306 e. The second-order valence-corrected chi connectivity index (χ2v) is 16.1. The number of nitrogens with one attached hydrogen (secondary N) is 3. The van der Waals surface area contributed by atoms with Gasteiger partial charge in [-0.05, 0) is 60.9 Å². The molecule has 22 heteroatoms. The number of carboxylic acid groups (broad SMARTS) is 1. The molecule has 1 aliphatic rings. The number of aromatic nitrogens is 2. The molecule has 0 radical (unpaired) electrons. The minimum absolute atomic E-state index is 0.0605. The minimum Gasteiger partial charge on any atom is -0.481 e. The van der Waals surface area contributed by atoms with Crippen molar-refractivity contribution in [3.05, 3.63) is 66.0 Å². The fourth-order valence-corrected chi connectivity index (χ4v) is 6.54. The van der Waals surface area contributed by atoms with Crippen LogP contribution in [-0.2, 0) is 44.8 Å². The summed E-state index contributed by atoms with van der Waals surface area (Å²) in [7, 11) is 0. The van der Waals surface area contributed by atoms with Crippen molar-refractivity contribution in [2.24, 2.45) is 45.5 Å². The van der Waals surface area contributed by atoms with Gasteiger partial charge in [0.2, 0.25) is 29.4 Å². The second kappa shape index (κ2) is 24.8. The van der Waals surface area contributed by atoms with E-state index in [9.17, 15) is 48.3 Å². The van der Waals surface area contributed by atoms with Gasteiger partial charge in [-0.15, -0.1) is 0 Å². The van der Waals surface area contributed by atoms with Gasteiger partial charge < -0.3 is 49.7 Å². The third-order valence-electron chi connectivity index (χ3n) is 11.0. The van der Waals surface area contributed by atoms with E-state index in [1.807, 2.05) is 25.1 Å². The number of hydrogen-bond acceptors (Lipinski definition) is 14. The van der Waals surface area contributed by atoms with Crippen molar-refractivity contribution < 1.29 is 48.3 Å². The zero-order valence-corrected chi connectivity index (χ0v) is 37.5. The molecule has 2 aromatic carbocycles. The monoisotopic (exact) mass is 916 g/mol. The Morgan fingerprint density at radius 3 is 2.15 bits per heavy atom. The number of primary amides is 1. The van der Waals surface area contributed by atoms with Crippen LogP contribution in [0.3, 0.4) is 0 Å². The molecule has 4 rings (SSSR count). The van der Waals surface area contributed by atoms with Crippen molar-refractivity contribution in [1.82, 2.24) is 25.5 Å². The summed E-state index contributed by atoms with van der Waals surface area (Å²) in [5.41, 5.74) is 27.9. The van der Waals surface area contributed by atoms with Crippen LogP contribution in [0.5, 0.6) is 0 Å². The SMILES string of the molecule is CC[C@H](C)CC(=O)[C@](N)(CC(=O)O)C(=O)N[C@H](CCCN=C(N)N)C(=O)N[C@H](C(=O)C(N)=O)[C@@H](C)CC.N[C@@H]1CCN(C(=O)Cc2ccc(NC(=O)c3cnc4ccccc4n3)cc2)C1=O. The van der Waals surface area contributed by atoms with Gasteiger partial charge in [-0.2, -0.15) is 0 Å². The molecular formula is C44H60N12O10. The Labute approximate surface area is 381 Å². The van der Waals surface area contributed by atoms with Gasteiger partial charge in [-0.25, -0.2) is 4.98 Å². The maximum atomic E-state index is 13.2. The van der Waals surface area contributed by atoms with E-state index < -0.39 is 71.3 Å². The standard InChI is InChI=1S/C23H41N7O7.C21H19N5O3/c1-5-12(3)10-15(31)23(27,11-16(32)33)21(37)29-14(8-7-9-28-22(25)26)20(36)30-17(13(4)6-2)18(34)19(24)35;22-15-9-10-26(21(15)29)19(27)11-13-5-7-14(8-6-13)24-20(28)18-12-23-16-3-1-2-4-17(16)25-18/h12-14,17H,5-11,27H2,1-4H3,(H2,24,35)(H,29,37)(H,30,36)(H,32,33)(H4,25,26,28);1-8,12,15H,9-11,22H2,(H,24,28)/t12-,13-,14+,17-,23+;15-/m01/s1. The molecule has 2 heterocycles. The molecule has 0 unspecified atom stereocenters. The van der Waals surface area contributed by atoms with Gasteiger partial charge in [0.05, 0.1) is 42.2 Å². The molecule has 6 atom stereocenters. The maximum Gasteiger partial charge on any atom is 0.306 e. The summed E-state index contributed by atoms with van der Waals surface area (Å²) in [4.78, 5) is 125. The number of para-hydroxylation sites is 2. The van der Waals surface area contributed by atoms with E-state index in [0.717, 1.165) is 11.1 Å². The summed E-state index contributed by atoms with van der Waals surface area (Å²) >= 11 is 0. The predicted octanol–water partition coefficient (Wildman–Crippen LogP) is -0.202. The molecule has 0 bridgehead atoms. The van der Waals surface area contributed by atoms with E-state index in [1.165, 1.54) is 11.1 Å². The highest BCUT2D eigenvalue weighted by Gasteiger charge is 2.45. The quantitative estimate of drug-likeness (QED) is 0.0207. The first kappa shape index (κ1) is 53.1. The Morgan fingerprint density at radius 1 is 0.939 bits per heavy atom. The lowest BCUT2D eigenvalue weighted by Gasteiger charge is -2.30. The fraction of sp³-hybridized carbons (Fsp3) is 0.455. The zero-order chi connectivity index (χ0) is 49.3. The first-order chi connectivity index (χ1) is 31.1. The molecule has 3 aromatic rings. The Balaban J connectivity index is 0.000000358. The van der Waals surface area contributed by atoms with Crippen LogP contribution in [0, 0.1) is 11.8 Å². The van der Waals surface area contributed by atoms with Crippen LogP contribution in [0.4, 0.5) is 5.69 Å². The van der Waals surface area contributed by atoms with Gasteiger partial charge in [0, 0.05) is 25.2 Å². The van der Waals surface area contributed by atoms with Crippen molar-refractivity contribution in [1.29, 1.82) is 0 Å². The normalized spacial score (nSPS) is 15.9. The number of hydrogen-bond donors (Lipinski definition) is 9. The van der Waals surface area contributed by atoms with Crippen LogP contribution in [0.2, 0.25) is 0 Å². The highest BCUT2D eigenvalue weighted by molar-refractivity contribution is 6.38. The summed E-state index contributed by atoms with van der Waals surface area (Å²) in [6.07, 6.45) is 2.03. The number of nitrogens with zero attached hydrogens (tertiary/aromatic N) is 4. The molecule has 0 saturated carbocycles. The van der Waals surface area contributed by atoms with Crippen LogP contribution >= 0.6 is 0 Å². The van der Waals surface area contributed by atoms with Crippen molar-refractivity contribution in [3.63, 3.8) is 0 Å². The summed E-state index contributed by atoms with van der Waals surface area (Å²) in [6.45, 7) is 7.40. The summed E-state index contributed by atoms with van der Waals surface area (Å²) in [5, 5.41) is 16.9. The van der Waals surface area contributed by atoms with E-state index >= 15 is 0 Å². The minimum atomic E-state index is -2.44. The van der Waals surface area contributed by atoms with E-state index in [1.54, 1.807) is 51.1 Å². The Kier molecular flexibility index (Phi) is 19.9. The first-order valence-corrected chi connectivity index (χ1v) is 21.4. The number of guanidine groups is 1. The number of aliphatic carboxylic acids is 1. The van der Waals surface area contributed by atoms with E-state index in [2.05, 4.69) is 30.9 Å². The molecule has 6 amide bonds. The fourth-order valence-electron chi connectivity index (χ4n) is 6.54. The summed E-state index contributed by atoms with van der Waals surface area (Å²) in [5.74, 6) is -8.33. The molecule has 1 aliphatic heterocycles. The zero-order valence-electron chi connectivity index (χ0n) is 37.5. The first-order valence-electron chi connectivity index (χ1n) is 21.4. The van der Waals surface area contributed by atoms with Gasteiger partial charge in [0.25, 0.3) is 11.8 Å². The number of aliphatic imine (C=N–C) groups is 1. The van der Waals surface area contributed by atoms with Crippen LogP contribution in [0.25, 0.3) is 11.0 Å². The van der Waals surface area contributed by atoms with Crippen molar-refractivity contribution >= 4 is 75.7 Å². The Bertz CT molecular complexity index is 2300. The number of ketones is 2. The molecular weight excluding hydrogens is 857 g/mol. The van der Waals surface area contributed by atoms with E-state index in [-0.39, 0.29) is 67.5 Å². The van der Waals surface area contributed by atoms with E-state index in [0.29, 0.717) is 37.0 Å². The lowest BCUT2D eigenvalue weighted by molar-refractivity contribution is -0.147. The van der Waals surface area contributed by atoms with Crippen molar-refractivity contribution in [3.8, 4) is 0 Å². The molecule has 1 saturated heterocycles. The third kappa shape index (κ3) is 15.2. The summed E-state index contributed by atoms with van der Waals surface area (Å²) in [6, 6.07) is 11.0. The molecule has 356 valence electrons. The van der Waals surface area contributed by atoms with Gasteiger partial charge in [0.15, 0.2) is 17.3 Å². The molecule has 0 spiro atoms. The van der Waals surface area contributed by atoms with Crippen LogP contribution in [-0.4, -0.2) is 116 Å². The van der Waals surface area contributed by atoms with E-state index in [4.69, 9.17) is 28.7 Å². The second-order valence-electron chi connectivity index (χ2n) is 16.1. The number of benzene rings is 2. The lowest BCUT2D eigenvalue weighted by Crippen LogP contribution is -2.64. The molecule has 66 heavy (non-hydrogen) atoms. The average Bonchev–Trinajstić information content (AvgIpc) is 3.62. The van der Waals surface area contributed by atoms with Crippen molar-refractivity contribution in [2.45, 2.75) is 103 Å². The number of amides is 6. The largest absolute Gasteiger partial charge is 0.481 e. The van der Waals surface area contributed by atoms with Gasteiger partial charge in [0.1, 0.15) is 11.7 Å². The number of fused-ring (bicyclic) bond motifs is 1. The lowest BCUT2D eigenvalue weighted by atomic mass is 9.84. The molecule has 0 aliphatic carbocycles. The number of imide groups is 1. The van der Waals surface area contributed by atoms with Gasteiger partial charge >= 0.3 is 5.97 Å². The molecule has 1 fully saturated rings. The Morgan fingerprint density at radius 2 is 1.59 bits per heavy atom. The number of likely N-dealkylation sites (tertiary alicyclic amines) is 1. The summed E-state index contributed by atoms with van der Waals surface area (Å²) < 4.78 is 0. The Hall–Kier alpha value is -7.20. The van der Waals surface area contributed by atoms with Crippen LogP contribution in [0.1, 0.15) is 88.7 Å². The molecule has 22 nitrogen and oxygen atoms in total. The topological polar surface area (TPSA) is 381 Å². The van der Waals surface area contributed by atoms with Gasteiger partial charge in [-0.1, -0.05) is 64.8 Å². The highest BCUT2D eigenvalue weighted by Crippen LogP contribution is 2.20. The maximum absolute atomic E-state index is 13.2. The third-order valence-corrected chi connectivity index (χ3v) is 11.0. The molecule has 14 N–H and O–H groups in total. The highest BCUT2D eigenvalue weighted by atomic mass is 16.4. The number of carbonyl (C=O) groups is 9. The van der Waals surface area contributed by atoms with Crippen LogP contribution < -0.4 is 44.6 Å². The number of anilines is 1.